The van der Waals surface area contributed by atoms with Gasteiger partial charge >= 0.3 is 17.9 Å². The molecule has 21 heteroatoms. The van der Waals surface area contributed by atoms with Crippen LogP contribution in [0.4, 0.5) is 10.1 Å². The minimum absolute atomic E-state index is 0.0496. The Balaban J connectivity index is 1.80. The number of benzene rings is 2. The number of carbonyl (C=O) groups is 8. The standard InChI is InChI=1S/C45H61Cl2FN6O12/c1-27(2)22-35(44(62)54(25-37(49)58)45-40(48)42(65-30(5)57)41(64-29(4)56)36(66-45)26-63-28(3)55)52-43(61)34(23-32-10-7-6-8-11-32)51-39(60)24-50-38(59)13-9-12-31-14-16-33(17-15-31)53(20-18-46)21-19-47/h6-8,10-11,14-17,27,34-36,40-42,45H,9,12-13,18-26H2,1-5H3,(H2,49,58)(H,50,59)(H,51,60)(H,52,61)/t34-,35-,36+,40+,41+,42+,45+/m0/s1. The van der Waals surface area contributed by atoms with Crippen LogP contribution in [0.15, 0.2) is 54.6 Å². The predicted octanol–water partition coefficient (Wildman–Crippen LogP) is 2.47. The number of anilines is 1. The topological polar surface area (TPSA) is 242 Å². The van der Waals surface area contributed by atoms with Gasteiger partial charge in [-0.15, -0.1) is 23.2 Å². The van der Waals surface area contributed by atoms with Crippen LogP contribution < -0.4 is 26.6 Å². The number of nitrogens with zero attached hydrogens (tertiary/aromatic N) is 2. The number of ether oxygens (including phenoxy) is 4. The summed E-state index contributed by atoms with van der Waals surface area (Å²) < 4.78 is 38.1. The van der Waals surface area contributed by atoms with Gasteiger partial charge in [0.1, 0.15) is 31.3 Å². The van der Waals surface area contributed by atoms with Crippen molar-refractivity contribution >= 4 is 76.3 Å². The fourth-order valence-electron chi connectivity index (χ4n) is 7.22. The van der Waals surface area contributed by atoms with E-state index >= 15 is 4.39 Å². The number of primary amides is 1. The van der Waals surface area contributed by atoms with Crippen molar-refractivity contribution in [3.63, 3.8) is 0 Å². The number of carbonyl (C=O) groups excluding carboxylic acids is 8. The Morgan fingerprint density at radius 2 is 1.42 bits per heavy atom. The predicted molar refractivity (Wildman–Crippen MR) is 242 cm³/mol. The van der Waals surface area contributed by atoms with Gasteiger partial charge in [0.15, 0.2) is 24.6 Å². The fourth-order valence-corrected chi connectivity index (χ4v) is 7.63. The molecule has 0 spiro atoms. The molecule has 2 aromatic rings. The number of halogens is 3. The van der Waals surface area contributed by atoms with Crippen molar-refractivity contribution < 1.29 is 61.7 Å². The summed E-state index contributed by atoms with van der Waals surface area (Å²) in [5, 5.41) is 7.86. The summed E-state index contributed by atoms with van der Waals surface area (Å²) in [5.74, 6) is -6.19. The first kappa shape index (κ1) is 54.8. The molecule has 0 radical (unpaired) electrons. The van der Waals surface area contributed by atoms with Gasteiger partial charge < -0.3 is 50.4 Å². The lowest BCUT2D eigenvalue weighted by Crippen LogP contribution is -2.67. The summed E-state index contributed by atoms with van der Waals surface area (Å²) in [7, 11) is 0. The average molecular weight is 968 g/mol. The maximum absolute atomic E-state index is 16.6. The SMILES string of the molecule is CC(=O)OC[C@H]1O[C@@H](N(CC(N)=O)C(=O)[C@H](CC(C)C)NC(=O)[C@H](Cc2ccccc2)NC(=O)CNC(=O)CCCc2ccc(N(CCCl)CCCl)cc2)[C@H](F)[C@@H](OC(C)=O)[C@@H]1OC(C)=O. The lowest BCUT2D eigenvalue weighted by atomic mass is 9.96. The van der Waals surface area contributed by atoms with E-state index in [0.717, 1.165) is 32.0 Å². The normalized spacial score (nSPS) is 18.8. The van der Waals surface area contributed by atoms with Gasteiger partial charge in [0.05, 0.1) is 6.54 Å². The van der Waals surface area contributed by atoms with Crippen molar-refractivity contribution in [3.8, 4) is 0 Å². The second-order valence-corrected chi connectivity index (χ2v) is 16.8. The summed E-state index contributed by atoms with van der Waals surface area (Å²) in [6.07, 6.45) is -8.55. The number of amides is 5. The summed E-state index contributed by atoms with van der Waals surface area (Å²) in [5.41, 5.74) is 8.18. The van der Waals surface area contributed by atoms with E-state index in [1.165, 1.54) is 0 Å². The summed E-state index contributed by atoms with van der Waals surface area (Å²) >= 11 is 11.9. The lowest BCUT2D eigenvalue weighted by molar-refractivity contribution is -0.259. The van der Waals surface area contributed by atoms with Gasteiger partial charge in [0.2, 0.25) is 29.5 Å². The molecule has 5 N–H and O–H groups in total. The van der Waals surface area contributed by atoms with Crippen molar-refractivity contribution in [2.45, 2.75) is 110 Å². The lowest BCUT2D eigenvalue weighted by Gasteiger charge is -2.46. The van der Waals surface area contributed by atoms with Gasteiger partial charge in [0.25, 0.3) is 0 Å². The summed E-state index contributed by atoms with van der Waals surface area (Å²) in [6.45, 7) is 5.74. The molecule has 2 aromatic carbocycles. The molecular formula is C45H61Cl2FN6O12. The van der Waals surface area contributed by atoms with Crippen LogP contribution in [0.25, 0.3) is 0 Å². The number of hydrogen-bond donors (Lipinski definition) is 4. The molecular weight excluding hydrogens is 906 g/mol. The number of nitrogens with two attached hydrogens (primary N) is 1. The van der Waals surface area contributed by atoms with Gasteiger partial charge in [-0.1, -0.05) is 56.3 Å². The highest BCUT2D eigenvalue weighted by Crippen LogP contribution is 2.31. The molecule has 1 saturated heterocycles. The van der Waals surface area contributed by atoms with Crippen molar-refractivity contribution in [3.05, 3.63) is 65.7 Å². The second-order valence-electron chi connectivity index (χ2n) is 16.1. The Bertz CT molecular complexity index is 1940. The van der Waals surface area contributed by atoms with Crippen molar-refractivity contribution in [1.29, 1.82) is 0 Å². The zero-order chi connectivity index (χ0) is 48.9. The zero-order valence-corrected chi connectivity index (χ0v) is 39.3. The molecule has 0 unspecified atom stereocenters. The Hall–Kier alpha value is -5.53. The first-order valence-corrected chi connectivity index (χ1v) is 22.6. The molecule has 0 saturated carbocycles. The minimum Gasteiger partial charge on any atom is -0.463 e. The van der Waals surface area contributed by atoms with Crippen molar-refractivity contribution in [2.24, 2.45) is 11.7 Å². The van der Waals surface area contributed by atoms with Crippen LogP contribution in [0, 0.1) is 5.92 Å². The molecule has 0 bridgehead atoms. The highest BCUT2D eigenvalue weighted by atomic mass is 35.5. The van der Waals surface area contributed by atoms with Crippen LogP contribution >= 0.6 is 23.2 Å². The van der Waals surface area contributed by atoms with Crippen LogP contribution in [0.5, 0.6) is 0 Å². The van der Waals surface area contributed by atoms with Crippen LogP contribution in [0.2, 0.25) is 0 Å². The first-order valence-electron chi connectivity index (χ1n) is 21.6. The van der Waals surface area contributed by atoms with Crippen molar-refractivity contribution in [2.75, 3.05) is 49.4 Å². The molecule has 1 fully saturated rings. The third-order valence-electron chi connectivity index (χ3n) is 10.1. The molecule has 1 aliphatic rings. The Morgan fingerprint density at radius 1 is 0.803 bits per heavy atom. The van der Waals surface area contributed by atoms with Crippen LogP contribution in [-0.2, 0) is 70.1 Å². The largest absolute Gasteiger partial charge is 0.463 e. The van der Waals surface area contributed by atoms with Gasteiger partial charge in [-0.3, -0.25) is 38.4 Å². The molecule has 1 heterocycles. The van der Waals surface area contributed by atoms with E-state index in [-0.39, 0.29) is 31.1 Å². The molecule has 7 atom stereocenters. The molecule has 364 valence electrons. The molecule has 66 heavy (non-hydrogen) atoms. The van der Waals surface area contributed by atoms with E-state index in [4.69, 9.17) is 47.9 Å². The van der Waals surface area contributed by atoms with Crippen LogP contribution in [0.1, 0.15) is 65.0 Å². The number of hydrogen-bond acceptors (Lipinski definition) is 13. The molecule has 5 amide bonds. The Morgan fingerprint density at radius 3 is 1.98 bits per heavy atom. The quantitative estimate of drug-likeness (QED) is 0.0603. The van der Waals surface area contributed by atoms with E-state index in [9.17, 15) is 38.4 Å². The fraction of sp³-hybridized carbons (Fsp3) is 0.556. The van der Waals surface area contributed by atoms with Crippen molar-refractivity contribution in [1.82, 2.24) is 20.9 Å². The van der Waals surface area contributed by atoms with Gasteiger partial charge in [-0.2, -0.15) is 0 Å². The van der Waals surface area contributed by atoms with Crippen LogP contribution in [0.3, 0.4) is 0 Å². The number of rotatable bonds is 26. The third kappa shape index (κ3) is 18.4. The monoisotopic (exact) mass is 966 g/mol. The Kier molecular flexibility index (Phi) is 23.1. The molecule has 0 aliphatic carbocycles. The smallest absolute Gasteiger partial charge is 0.303 e. The Labute approximate surface area is 394 Å². The highest BCUT2D eigenvalue weighted by molar-refractivity contribution is 6.18. The maximum Gasteiger partial charge on any atom is 0.303 e. The summed E-state index contributed by atoms with van der Waals surface area (Å²) in [6, 6.07) is 13.8. The third-order valence-corrected chi connectivity index (χ3v) is 10.5. The molecule has 3 rings (SSSR count). The number of esters is 3. The van der Waals surface area contributed by atoms with Crippen LogP contribution in [-0.4, -0.2) is 140 Å². The average Bonchev–Trinajstić information content (AvgIpc) is 3.25. The first-order chi connectivity index (χ1) is 31.3. The molecule has 18 nitrogen and oxygen atoms in total. The van der Waals surface area contributed by atoms with E-state index in [2.05, 4.69) is 20.9 Å². The number of alkyl halides is 3. The van der Waals surface area contributed by atoms with E-state index < -0.39 is 104 Å². The molecule has 0 aromatic heterocycles. The van der Waals surface area contributed by atoms with Gasteiger partial charge in [-0.05, 0) is 48.4 Å². The number of nitrogens with one attached hydrogen (secondary N) is 3. The highest BCUT2D eigenvalue weighted by Gasteiger charge is 2.54. The molecule has 1 aliphatic heterocycles. The van der Waals surface area contributed by atoms with E-state index in [0.29, 0.717) is 48.2 Å². The number of aryl methyl sites for hydroxylation is 1. The van der Waals surface area contributed by atoms with Gasteiger partial charge in [0, 0.05) is 64.1 Å². The second kappa shape index (κ2) is 27.8. The summed E-state index contributed by atoms with van der Waals surface area (Å²) in [4.78, 5) is 106. The van der Waals surface area contributed by atoms with E-state index in [1.807, 2.05) is 24.3 Å². The zero-order valence-electron chi connectivity index (χ0n) is 37.8. The minimum atomic E-state index is -2.48. The maximum atomic E-state index is 16.6. The van der Waals surface area contributed by atoms with Gasteiger partial charge in [-0.25, -0.2) is 4.39 Å². The van der Waals surface area contributed by atoms with E-state index in [1.54, 1.807) is 44.2 Å².